The fourth-order valence-corrected chi connectivity index (χ4v) is 6.85. The molecule has 4 unspecified atom stereocenters. The topological polar surface area (TPSA) is 73.2 Å². The number of aliphatic carboxylic acids is 1. The number of alkyl halides is 5. The van der Waals surface area contributed by atoms with Gasteiger partial charge in [-0.25, -0.2) is 8.78 Å². The Kier molecular flexibility index (Phi) is 8.30. The standard InChI is InChI=1S/C32H36F5N3O3/c1-4-5-25(20-6-8-21(9-7-20)29(41)39-15-23(30(42)43)13-31(33,34)17-39)27-12-26(27)22-10-18(2)28(19(3)11-22)40-16-24(14-38-40)32(35,36)37/h6-11,14,23-27H,4-5,12-13,15-17H2,1-3H3,(H,42,43)/t23?,24?,25?,26?,27-/m1/s1. The van der Waals surface area contributed by atoms with Crippen molar-refractivity contribution >= 4 is 23.8 Å². The molecule has 11 heteroatoms. The molecule has 1 saturated heterocycles. The molecule has 3 aliphatic rings. The lowest BCUT2D eigenvalue weighted by molar-refractivity contribution is -0.151. The van der Waals surface area contributed by atoms with Crippen molar-refractivity contribution in [3.8, 4) is 0 Å². The van der Waals surface area contributed by atoms with Gasteiger partial charge in [0.2, 0.25) is 0 Å². The predicted molar refractivity (Wildman–Crippen MR) is 153 cm³/mol. The van der Waals surface area contributed by atoms with Crippen molar-refractivity contribution in [2.24, 2.45) is 22.9 Å². The van der Waals surface area contributed by atoms with Crippen LogP contribution in [0.4, 0.5) is 27.6 Å². The van der Waals surface area contributed by atoms with Gasteiger partial charge in [-0.05, 0) is 78.8 Å². The normalized spacial score (nSPS) is 25.6. The predicted octanol–water partition coefficient (Wildman–Crippen LogP) is 7.16. The first-order chi connectivity index (χ1) is 20.2. The molecule has 0 spiro atoms. The third-order valence-corrected chi connectivity index (χ3v) is 8.96. The maximum Gasteiger partial charge on any atom is 0.398 e. The second-order valence-electron chi connectivity index (χ2n) is 12.3. The van der Waals surface area contributed by atoms with Gasteiger partial charge in [0.25, 0.3) is 11.8 Å². The van der Waals surface area contributed by atoms with Crippen molar-refractivity contribution in [1.82, 2.24) is 4.90 Å². The Bertz CT molecular complexity index is 1380. The van der Waals surface area contributed by atoms with Crippen LogP contribution in [-0.2, 0) is 4.79 Å². The van der Waals surface area contributed by atoms with Crippen molar-refractivity contribution in [3.05, 3.63) is 64.2 Å². The summed E-state index contributed by atoms with van der Waals surface area (Å²) in [5.74, 6) is -7.25. The SMILES string of the molecule is CCCC(c1ccc(C(=O)N2CC(C(=O)O)CC(F)(F)C2)cc1)[C@H]1CC1c1cc(C)c(N2CC(C(F)(F)F)C=N2)c(C)c1. The molecule has 0 radical (unpaired) electrons. The lowest BCUT2D eigenvalue weighted by Crippen LogP contribution is -2.51. The Morgan fingerprint density at radius 1 is 1.09 bits per heavy atom. The molecule has 1 saturated carbocycles. The van der Waals surface area contributed by atoms with E-state index in [2.05, 4.69) is 12.0 Å². The molecular formula is C32H36F5N3O3. The van der Waals surface area contributed by atoms with E-state index < -0.39 is 48.8 Å². The molecule has 232 valence electrons. The first-order valence-corrected chi connectivity index (χ1v) is 14.7. The Morgan fingerprint density at radius 3 is 2.30 bits per heavy atom. The van der Waals surface area contributed by atoms with Gasteiger partial charge < -0.3 is 10.0 Å². The number of halogens is 5. The molecule has 6 nitrogen and oxygen atoms in total. The Hall–Kier alpha value is -3.50. The largest absolute Gasteiger partial charge is 0.481 e. The summed E-state index contributed by atoms with van der Waals surface area (Å²) in [6, 6.07) is 11.1. The van der Waals surface area contributed by atoms with E-state index in [1.165, 1.54) is 5.01 Å². The molecule has 2 aromatic carbocycles. The highest BCUT2D eigenvalue weighted by atomic mass is 19.4. The monoisotopic (exact) mass is 605 g/mol. The second-order valence-corrected chi connectivity index (χ2v) is 12.3. The average Bonchev–Trinajstić information content (AvgIpc) is 3.56. The number of hydrogen-bond acceptors (Lipinski definition) is 4. The molecule has 1 N–H and O–H groups in total. The summed E-state index contributed by atoms with van der Waals surface area (Å²) in [4.78, 5) is 25.3. The van der Waals surface area contributed by atoms with Crippen molar-refractivity contribution in [2.75, 3.05) is 24.6 Å². The number of aryl methyl sites for hydroxylation is 2. The quantitative estimate of drug-likeness (QED) is 0.324. The zero-order chi connectivity index (χ0) is 31.3. The van der Waals surface area contributed by atoms with Gasteiger partial charge in [-0.1, -0.05) is 37.6 Å². The van der Waals surface area contributed by atoms with Gasteiger partial charge in [-0.3, -0.25) is 14.6 Å². The number of likely N-dealkylation sites (tertiary alicyclic amines) is 1. The zero-order valence-corrected chi connectivity index (χ0v) is 24.4. The third-order valence-electron chi connectivity index (χ3n) is 8.96. The van der Waals surface area contributed by atoms with Gasteiger partial charge in [-0.15, -0.1) is 0 Å². The molecule has 2 fully saturated rings. The zero-order valence-electron chi connectivity index (χ0n) is 24.4. The minimum Gasteiger partial charge on any atom is -0.481 e. The first kappa shape index (κ1) is 30.9. The first-order valence-electron chi connectivity index (χ1n) is 14.7. The number of hydrogen-bond donors (Lipinski definition) is 1. The Labute approximate surface area is 247 Å². The summed E-state index contributed by atoms with van der Waals surface area (Å²) in [5, 5.41) is 14.7. The van der Waals surface area contributed by atoms with Crippen molar-refractivity contribution in [1.29, 1.82) is 0 Å². The number of carbonyl (C=O) groups is 2. The molecule has 1 amide bonds. The summed E-state index contributed by atoms with van der Waals surface area (Å²) in [6.07, 6.45) is -1.32. The average molecular weight is 606 g/mol. The summed E-state index contributed by atoms with van der Waals surface area (Å²) in [5.41, 5.74) is 4.90. The van der Waals surface area contributed by atoms with Crippen LogP contribution < -0.4 is 5.01 Å². The van der Waals surface area contributed by atoms with Crippen molar-refractivity contribution in [3.63, 3.8) is 0 Å². The number of hydrazone groups is 1. The highest BCUT2D eigenvalue weighted by Crippen LogP contribution is 2.57. The van der Waals surface area contributed by atoms with Gasteiger partial charge in [0, 0.05) is 24.7 Å². The molecular weight excluding hydrogens is 569 g/mol. The van der Waals surface area contributed by atoms with Crippen molar-refractivity contribution in [2.45, 2.75) is 70.4 Å². The highest BCUT2D eigenvalue weighted by molar-refractivity contribution is 5.94. The highest BCUT2D eigenvalue weighted by Gasteiger charge is 2.46. The van der Waals surface area contributed by atoms with Crippen LogP contribution >= 0.6 is 0 Å². The summed E-state index contributed by atoms with van der Waals surface area (Å²) >= 11 is 0. The molecule has 0 bridgehead atoms. The molecule has 5 atom stereocenters. The van der Waals surface area contributed by atoms with Crippen LogP contribution in [0.25, 0.3) is 0 Å². The molecule has 0 aromatic heterocycles. The van der Waals surface area contributed by atoms with Crippen LogP contribution in [-0.4, -0.2) is 59.8 Å². The lowest BCUT2D eigenvalue weighted by atomic mass is 9.87. The third kappa shape index (κ3) is 6.55. The second kappa shape index (κ2) is 11.5. The van der Waals surface area contributed by atoms with E-state index in [-0.39, 0.29) is 30.5 Å². The fourth-order valence-electron chi connectivity index (χ4n) is 6.85. The minimum absolute atomic E-state index is 0.214. The number of nitrogens with zero attached hydrogens (tertiary/aromatic N) is 3. The maximum absolute atomic E-state index is 14.2. The van der Waals surface area contributed by atoms with Gasteiger partial charge in [-0.2, -0.15) is 18.3 Å². The Morgan fingerprint density at radius 2 is 1.74 bits per heavy atom. The van der Waals surface area contributed by atoms with E-state index in [4.69, 9.17) is 0 Å². The number of amides is 1. The van der Waals surface area contributed by atoms with Gasteiger partial charge >= 0.3 is 12.1 Å². The van der Waals surface area contributed by atoms with E-state index in [0.717, 1.165) is 52.6 Å². The van der Waals surface area contributed by atoms with Crippen LogP contribution in [0.1, 0.15) is 77.1 Å². The number of carboxylic acid groups (broad SMARTS) is 1. The smallest absolute Gasteiger partial charge is 0.398 e. The molecule has 5 rings (SSSR count). The van der Waals surface area contributed by atoms with E-state index >= 15 is 0 Å². The van der Waals surface area contributed by atoms with E-state index in [0.29, 0.717) is 11.6 Å². The number of piperidine rings is 1. The Balaban J connectivity index is 1.29. The number of carboxylic acids is 1. The van der Waals surface area contributed by atoms with Crippen LogP contribution in [0.5, 0.6) is 0 Å². The van der Waals surface area contributed by atoms with Gasteiger partial charge in [0.05, 0.1) is 24.7 Å². The van der Waals surface area contributed by atoms with Crippen LogP contribution in [0.2, 0.25) is 0 Å². The number of anilines is 1. The van der Waals surface area contributed by atoms with Crippen molar-refractivity contribution < 1.29 is 36.6 Å². The molecule has 2 aliphatic heterocycles. The molecule has 2 aromatic rings. The van der Waals surface area contributed by atoms with Crippen LogP contribution in [0, 0.1) is 31.6 Å². The van der Waals surface area contributed by atoms with Gasteiger partial charge in [0.15, 0.2) is 0 Å². The number of benzene rings is 2. The van der Waals surface area contributed by atoms with Crippen LogP contribution in [0.3, 0.4) is 0 Å². The van der Waals surface area contributed by atoms with E-state index in [9.17, 15) is 36.6 Å². The maximum atomic E-state index is 14.2. The molecule has 2 heterocycles. The van der Waals surface area contributed by atoms with E-state index in [1.54, 1.807) is 12.1 Å². The summed E-state index contributed by atoms with van der Waals surface area (Å²) in [6.45, 7) is 4.62. The minimum atomic E-state index is -4.33. The molecule has 1 aliphatic carbocycles. The number of carbonyl (C=O) groups excluding carboxylic acids is 1. The molecule has 43 heavy (non-hydrogen) atoms. The summed E-state index contributed by atoms with van der Waals surface area (Å²) < 4.78 is 67.9. The number of rotatable bonds is 8. The summed E-state index contributed by atoms with van der Waals surface area (Å²) in [7, 11) is 0. The fraction of sp³-hybridized carbons (Fsp3) is 0.531. The van der Waals surface area contributed by atoms with Gasteiger partial charge in [0.1, 0.15) is 5.92 Å². The van der Waals surface area contributed by atoms with E-state index in [1.807, 2.05) is 38.1 Å². The van der Waals surface area contributed by atoms with Crippen LogP contribution in [0.15, 0.2) is 41.5 Å². The lowest BCUT2D eigenvalue weighted by Gasteiger charge is -2.36.